The lowest BCUT2D eigenvalue weighted by molar-refractivity contribution is 0.0163. The Kier molecular flexibility index (Phi) is 6.80. The average Bonchev–Trinajstić information content (AvgIpc) is 2.50. The number of thioether (sulfide) groups is 1. The first-order valence-corrected chi connectivity index (χ1v) is 10.8. The van der Waals surface area contributed by atoms with Crippen molar-refractivity contribution in [3.8, 4) is 0 Å². The summed E-state index contributed by atoms with van der Waals surface area (Å²) in [5.74, 6) is 2.34. The molecule has 0 bridgehead atoms. The Labute approximate surface area is 133 Å². The predicted molar refractivity (Wildman–Crippen MR) is 88.5 cm³/mol. The van der Waals surface area contributed by atoms with E-state index >= 15 is 0 Å². The SMILES string of the molecule is CCNC1CCOCC1CN1CCSCC1S(=O)(=O)CC. The van der Waals surface area contributed by atoms with E-state index < -0.39 is 9.84 Å². The minimum atomic E-state index is -3.01. The Morgan fingerprint density at radius 3 is 2.90 bits per heavy atom. The molecule has 21 heavy (non-hydrogen) atoms. The highest BCUT2D eigenvalue weighted by molar-refractivity contribution is 8.01. The molecule has 0 saturated carbocycles. The van der Waals surface area contributed by atoms with Crippen LogP contribution in [0.3, 0.4) is 0 Å². The summed E-state index contributed by atoms with van der Waals surface area (Å²) < 4.78 is 30.2. The quantitative estimate of drug-likeness (QED) is 0.775. The van der Waals surface area contributed by atoms with Crippen molar-refractivity contribution >= 4 is 21.6 Å². The summed E-state index contributed by atoms with van der Waals surface area (Å²) in [6.07, 6.45) is 1.02. The number of rotatable bonds is 6. The van der Waals surface area contributed by atoms with Gasteiger partial charge in [0.15, 0.2) is 9.84 Å². The van der Waals surface area contributed by atoms with Crippen molar-refractivity contribution in [1.29, 1.82) is 0 Å². The fourth-order valence-corrected chi connectivity index (χ4v) is 6.25. The molecular formula is C14H28N2O3S2. The number of sulfone groups is 1. The first-order chi connectivity index (χ1) is 10.1. The van der Waals surface area contributed by atoms with Crippen LogP contribution in [0.25, 0.3) is 0 Å². The molecule has 3 unspecified atom stereocenters. The molecule has 2 fully saturated rings. The molecule has 0 aromatic heterocycles. The Hall–Kier alpha value is 0.180. The van der Waals surface area contributed by atoms with Gasteiger partial charge in [-0.2, -0.15) is 11.8 Å². The minimum Gasteiger partial charge on any atom is -0.381 e. The second kappa shape index (κ2) is 8.15. The van der Waals surface area contributed by atoms with Crippen molar-refractivity contribution in [3.63, 3.8) is 0 Å². The molecule has 0 amide bonds. The van der Waals surface area contributed by atoms with Gasteiger partial charge in [-0.25, -0.2) is 8.42 Å². The molecule has 7 heteroatoms. The molecule has 2 aliphatic heterocycles. The Morgan fingerprint density at radius 2 is 2.19 bits per heavy atom. The molecule has 0 aromatic carbocycles. The lowest BCUT2D eigenvalue weighted by Crippen LogP contribution is -2.54. The number of nitrogens with one attached hydrogen (secondary N) is 1. The molecule has 5 nitrogen and oxygen atoms in total. The number of nitrogens with zero attached hydrogens (tertiary/aromatic N) is 1. The summed E-state index contributed by atoms with van der Waals surface area (Å²) in [5.41, 5.74) is 0. The van der Waals surface area contributed by atoms with E-state index in [1.807, 2.05) is 0 Å². The summed E-state index contributed by atoms with van der Waals surface area (Å²) >= 11 is 1.75. The Balaban J connectivity index is 2.04. The normalized spacial score (nSPS) is 32.2. The van der Waals surface area contributed by atoms with Crippen molar-refractivity contribution in [3.05, 3.63) is 0 Å². The fraction of sp³-hybridized carbons (Fsp3) is 1.00. The lowest BCUT2D eigenvalue weighted by atomic mass is 9.95. The van der Waals surface area contributed by atoms with Crippen LogP contribution in [0.5, 0.6) is 0 Å². The topological polar surface area (TPSA) is 58.6 Å². The smallest absolute Gasteiger partial charge is 0.166 e. The van der Waals surface area contributed by atoms with Crippen LogP contribution in [0, 0.1) is 5.92 Å². The third kappa shape index (κ3) is 4.58. The van der Waals surface area contributed by atoms with E-state index in [0.29, 0.717) is 17.7 Å². The molecule has 0 spiro atoms. The van der Waals surface area contributed by atoms with Crippen LogP contribution in [0.15, 0.2) is 0 Å². The van der Waals surface area contributed by atoms with Crippen molar-refractivity contribution in [2.75, 3.05) is 50.1 Å². The van der Waals surface area contributed by atoms with E-state index in [2.05, 4.69) is 17.1 Å². The summed E-state index contributed by atoms with van der Waals surface area (Å²) in [7, 11) is -3.01. The molecule has 0 aliphatic carbocycles. The second-order valence-electron chi connectivity index (χ2n) is 5.76. The van der Waals surface area contributed by atoms with Crippen molar-refractivity contribution in [2.24, 2.45) is 5.92 Å². The molecule has 2 heterocycles. The van der Waals surface area contributed by atoms with Crippen LogP contribution in [-0.2, 0) is 14.6 Å². The summed E-state index contributed by atoms with van der Waals surface area (Å²) in [4.78, 5) is 2.18. The zero-order chi connectivity index (χ0) is 15.3. The van der Waals surface area contributed by atoms with Gasteiger partial charge < -0.3 is 10.1 Å². The van der Waals surface area contributed by atoms with Gasteiger partial charge in [0, 0.05) is 48.9 Å². The molecular weight excluding hydrogens is 308 g/mol. The highest BCUT2D eigenvalue weighted by Crippen LogP contribution is 2.25. The van der Waals surface area contributed by atoms with Gasteiger partial charge in [0.25, 0.3) is 0 Å². The van der Waals surface area contributed by atoms with Crippen LogP contribution in [-0.4, -0.2) is 74.8 Å². The maximum atomic E-state index is 12.3. The van der Waals surface area contributed by atoms with Crippen LogP contribution < -0.4 is 5.32 Å². The largest absolute Gasteiger partial charge is 0.381 e. The predicted octanol–water partition coefficient (Wildman–Crippen LogP) is 0.811. The van der Waals surface area contributed by atoms with E-state index in [-0.39, 0.29) is 11.1 Å². The van der Waals surface area contributed by atoms with Crippen LogP contribution in [0.2, 0.25) is 0 Å². The molecule has 2 rings (SSSR count). The second-order valence-corrected chi connectivity index (χ2v) is 9.36. The molecule has 1 N–H and O–H groups in total. The van der Waals surface area contributed by atoms with Crippen molar-refractivity contribution in [2.45, 2.75) is 31.7 Å². The van der Waals surface area contributed by atoms with Gasteiger partial charge in [0.1, 0.15) is 5.37 Å². The van der Waals surface area contributed by atoms with Gasteiger partial charge in [0.2, 0.25) is 0 Å². The van der Waals surface area contributed by atoms with E-state index in [9.17, 15) is 8.42 Å². The summed E-state index contributed by atoms with van der Waals surface area (Å²) in [6, 6.07) is 0.448. The molecule has 3 atom stereocenters. The van der Waals surface area contributed by atoms with Gasteiger partial charge in [-0.05, 0) is 13.0 Å². The standard InChI is InChI=1S/C14H28N2O3S2/c1-3-15-13-5-7-19-10-12(13)9-16-6-8-20-11-14(16)21(17,18)4-2/h12-15H,3-11H2,1-2H3. The molecule has 0 radical (unpaired) electrons. The molecule has 2 aliphatic rings. The maximum absolute atomic E-state index is 12.3. The summed E-state index contributed by atoms with van der Waals surface area (Å²) in [6.45, 7) is 8.05. The molecule has 124 valence electrons. The zero-order valence-electron chi connectivity index (χ0n) is 13.1. The van der Waals surface area contributed by atoms with Gasteiger partial charge in [-0.1, -0.05) is 13.8 Å². The van der Waals surface area contributed by atoms with Crippen molar-refractivity contribution < 1.29 is 13.2 Å². The number of hydrogen-bond donors (Lipinski definition) is 1. The first-order valence-electron chi connectivity index (χ1n) is 7.93. The zero-order valence-corrected chi connectivity index (χ0v) is 14.7. The monoisotopic (exact) mass is 336 g/mol. The molecule has 0 aromatic rings. The van der Waals surface area contributed by atoms with Crippen LogP contribution in [0.1, 0.15) is 20.3 Å². The van der Waals surface area contributed by atoms with Crippen LogP contribution in [0.4, 0.5) is 0 Å². The van der Waals surface area contributed by atoms with E-state index in [1.165, 1.54) is 0 Å². The van der Waals surface area contributed by atoms with E-state index in [4.69, 9.17) is 4.74 Å². The van der Waals surface area contributed by atoms with E-state index in [0.717, 1.165) is 45.0 Å². The highest BCUT2D eigenvalue weighted by Gasteiger charge is 2.36. The minimum absolute atomic E-state index is 0.229. The fourth-order valence-electron chi connectivity index (χ4n) is 3.16. The Morgan fingerprint density at radius 1 is 1.38 bits per heavy atom. The van der Waals surface area contributed by atoms with Gasteiger partial charge in [0.05, 0.1) is 6.61 Å². The highest BCUT2D eigenvalue weighted by atomic mass is 32.2. The Bertz CT molecular complexity index is 414. The first kappa shape index (κ1) is 17.5. The number of hydrogen-bond acceptors (Lipinski definition) is 6. The summed E-state index contributed by atoms with van der Waals surface area (Å²) in [5, 5.41) is 3.22. The van der Waals surface area contributed by atoms with Crippen LogP contribution >= 0.6 is 11.8 Å². The van der Waals surface area contributed by atoms with E-state index in [1.54, 1.807) is 18.7 Å². The maximum Gasteiger partial charge on any atom is 0.166 e. The molecule has 2 saturated heterocycles. The average molecular weight is 337 g/mol. The van der Waals surface area contributed by atoms with Crippen molar-refractivity contribution in [1.82, 2.24) is 10.2 Å². The lowest BCUT2D eigenvalue weighted by Gasteiger charge is -2.40. The number of ether oxygens (including phenoxy) is 1. The third-order valence-electron chi connectivity index (χ3n) is 4.42. The van der Waals surface area contributed by atoms with Gasteiger partial charge in [-0.3, -0.25) is 4.90 Å². The third-order valence-corrected chi connectivity index (χ3v) is 7.75. The van der Waals surface area contributed by atoms with Gasteiger partial charge >= 0.3 is 0 Å². The van der Waals surface area contributed by atoms with Gasteiger partial charge in [-0.15, -0.1) is 0 Å².